The number of fused-ring (bicyclic) bond motifs is 1. The van der Waals surface area contributed by atoms with E-state index in [-0.39, 0.29) is 0 Å². The Kier molecular flexibility index (Phi) is 6.42. The normalized spacial score (nSPS) is 14.2. The van der Waals surface area contributed by atoms with Gasteiger partial charge in [0.25, 0.3) is 0 Å². The third-order valence-electron chi connectivity index (χ3n) is 6.60. The first-order valence-electron chi connectivity index (χ1n) is 11.8. The number of aryl methyl sites for hydroxylation is 1. The largest absolute Gasteiger partial charge is 0.366 e. The number of amides is 1. The van der Waals surface area contributed by atoms with Gasteiger partial charge in [-0.25, -0.2) is 14.8 Å². The van der Waals surface area contributed by atoms with E-state index in [0.717, 1.165) is 73.5 Å². The predicted molar refractivity (Wildman–Crippen MR) is 138 cm³/mol. The molecule has 176 valence electrons. The number of primary amides is 1. The zero-order valence-corrected chi connectivity index (χ0v) is 19.4. The maximum absolute atomic E-state index is 11.3. The molecule has 1 fully saturated rings. The van der Waals surface area contributed by atoms with Crippen molar-refractivity contribution in [1.82, 2.24) is 19.9 Å². The lowest BCUT2D eigenvalue weighted by molar-refractivity contribution is 0.100. The fourth-order valence-electron chi connectivity index (χ4n) is 4.57. The number of carbonyl (C=O) groups excluding carboxylic acids is 1. The Balaban J connectivity index is 1.12. The second kappa shape index (κ2) is 9.95. The van der Waals surface area contributed by atoms with E-state index < -0.39 is 5.91 Å². The molecule has 1 aliphatic rings. The summed E-state index contributed by atoms with van der Waals surface area (Å²) in [6, 6.07) is 13.0. The molecule has 0 atom stereocenters. The van der Waals surface area contributed by atoms with Gasteiger partial charge in [0.05, 0.1) is 6.57 Å². The van der Waals surface area contributed by atoms with Crippen LogP contribution in [0.1, 0.15) is 22.3 Å². The molecule has 0 spiro atoms. The fourth-order valence-corrected chi connectivity index (χ4v) is 4.57. The van der Waals surface area contributed by atoms with Gasteiger partial charge in [-0.2, -0.15) is 0 Å². The molecule has 3 N–H and O–H groups in total. The predicted octanol–water partition coefficient (Wildman–Crippen LogP) is 4.03. The number of aromatic nitrogens is 3. The van der Waals surface area contributed by atoms with Crippen LogP contribution < -0.4 is 10.6 Å². The molecule has 4 aromatic rings. The van der Waals surface area contributed by atoms with Gasteiger partial charge in [-0.3, -0.25) is 9.69 Å². The van der Waals surface area contributed by atoms with Gasteiger partial charge >= 0.3 is 0 Å². The number of aromatic amines is 1. The van der Waals surface area contributed by atoms with Crippen LogP contribution in [0.4, 0.5) is 11.6 Å². The summed E-state index contributed by atoms with van der Waals surface area (Å²) < 4.78 is 0. The lowest BCUT2D eigenvalue weighted by atomic mass is 10.1. The highest BCUT2D eigenvalue weighted by molar-refractivity contribution is 5.93. The maximum Gasteiger partial charge on any atom is 0.248 e. The summed E-state index contributed by atoms with van der Waals surface area (Å²) in [4.78, 5) is 32.0. The van der Waals surface area contributed by atoms with Gasteiger partial charge in [0.15, 0.2) is 5.69 Å². The van der Waals surface area contributed by atoms with E-state index in [2.05, 4.69) is 35.8 Å². The van der Waals surface area contributed by atoms with Crippen LogP contribution in [0.2, 0.25) is 0 Å². The number of piperazine rings is 1. The average molecular weight is 466 g/mol. The van der Waals surface area contributed by atoms with E-state index >= 15 is 0 Å². The maximum atomic E-state index is 11.3. The highest BCUT2D eigenvalue weighted by Gasteiger charge is 2.19. The summed E-state index contributed by atoms with van der Waals surface area (Å²) in [6.45, 7) is 12.0. The van der Waals surface area contributed by atoms with E-state index in [1.807, 2.05) is 42.7 Å². The molecule has 1 aliphatic heterocycles. The Bertz CT molecular complexity index is 1360. The quantitative estimate of drug-likeness (QED) is 0.402. The lowest BCUT2D eigenvalue weighted by Crippen LogP contribution is -2.47. The first-order valence-corrected chi connectivity index (χ1v) is 11.8. The van der Waals surface area contributed by atoms with Gasteiger partial charge in [0.2, 0.25) is 11.9 Å². The average Bonchev–Trinajstić information content (AvgIpc) is 3.31. The van der Waals surface area contributed by atoms with Gasteiger partial charge in [-0.15, -0.1) is 0 Å². The topological polar surface area (TPSA) is 95.5 Å². The zero-order chi connectivity index (χ0) is 24.2. The number of anilines is 1. The molecule has 5 rings (SSSR count). The summed E-state index contributed by atoms with van der Waals surface area (Å²) in [6.07, 6.45) is 7.80. The van der Waals surface area contributed by atoms with Crippen LogP contribution >= 0.6 is 0 Å². The molecular weight excluding hydrogens is 438 g/mol. The second-order valence-electron chi connectivity index (χ2n) is 8.80. The Morgan fingerprint density at radius 2 is 1.77 bits per heavy atom. The van der Waals surface area contributed by atoms with Crippen molar-refractivity contribution in [2.45, 2.75) is 12.8 Å². The van der Waals surface area contributed by atoms with Crippen molar-refractivity contribution in [2.24, 2.45) is 5.73 Å². The highest BCUT2D eigenvalue weighted by atomic mass is 16.1. The third-order valence-corrected chi connectivity index (χ3v) is 6.60. The Hall–Kier alpha value is -4.22. The van der Waals surface area contributed by atoms with Crippen LogP contribution in [-0.4, -0.2) is 58.5 Å². The van der Waals surface area contributed by atoms with Crippen LogP contribution in [-0.2, 0) is 6.42 Å². The summed E-state index contributed by atoms with van der Waals surface area (Å²) in [5.41, 5.74) is 10.7. The number of benzene rings is 2. The molecule has 2 aromatic carbocycles. The van der Waals surface area contributed by atoms with Gasteiger partial charge in [-0.1, -0.05) is 18.2 Å². The first kappa shape index (κ1) is 22.6. The number of rotatable bonds is 7. The monoisotopic (exact) mass is 465 g/mol. The van der Waals surface area contributed by atoms with Crippen molar-refractivity contribution in [1.29, 1.82) is 0 Å². The van der Waals surface area contributed by atoms with Crippen LogP contribution in [0, 0.1) is 6.57 Å². The number of nitrogens with one attached hydrogen (secondary N) is 1. The molecule has 8 heteroatoms. The molecule has 1 amide bonds. The minimum absolute atomic E-state index is 0.435. The number of H-pyrrole nitrogens is 1. The van der Waals surface area contributed by atoms with Crippen molar-refractivity contribution < 1.29 is 4.79 Å². The van der Waals surface area contributed by atoms with E-state index in [1.54, 1.807) is 12.1 Å². The van der Waals surface area contributed by atoms with Crippen LogP contribution in [0.3, 0.4) is 0 Å². The van der Waals surface area contributed by atoms with Crippen molar-refractivity contribution in [3.63, 3.8) is 0 Å². The second-order valence-corrected chi connectivity index (χ2v) is 8.80. The summed E-state index contributed by atoms with van der Waals surface area (Å²) in [5, 5.41) is 1.16. The SMILES string of the molecule is [C-]#[N+]c1ccc2[nH]cc(CCCN3CCN(c4ncc(-c5ccc(C(N)=O)cc5)cn4)CC3)c2c1. The molecule has 35 heavy (non-hydrogen) atoms. The lowest BCUT2D eigenvalue weighted by Gasteiger charge is -2.34. The van der Waals surface area contributed by atoms with Crippen molar-refractivity contribution in [3.8, 4) is 11.1 Å². The summed E-state index contributed by atoms with van der Waals surface area (Å²) in [7, 11) is 0. The molecular formula is C27H27N7O. The van der Waals surface area contributed by atoms with Gasteiger partial charge < -0.3 is 15.6 Å². The Labute approximate surface area is 204 Å². The van der Waals surface area contributed by atoms with Crippen molar-refractivity contribution in [3.05, 3.63) is 83.6 Å². The van der Waals surface area contributed by atoms with E-state index in [9.17, 15) is 4.79 Å². The molecule has 3 heterocycles. The van der Waals surface area contributed by atoms with E-state index in [0.29, 0.717) is 11.3 Å². The molecule has 2 aromatic heterocycles. The molecule has 0 aliphatic carbocycles. The van der Waals surface area contributed by atoms with E-state index in [1.165, 1.54) is 5.56 Å². The molecule has 0 bridgehead atoms. The number of hydrogen-bond acceptors (Lipinski definition) is 5. The third kappa shape index (κ3) is 5.00. The number of nitrogens with zero attached hydrogens (tertiary/aromatic N) is 5. The first-order chi connectivity index (χ1) is 17.1. The number of carbonyl (C=O) groups is 1. The van der Waals surface area contributed by atoms with Gasteiger partial charge in [0, 0.05) is 61.4 Å². The highest BCUT2D eigenvalue weighted by Crippen LogP contribution is 2.25. The minimum atomic E-state index is -0.435. The number of hydrogen-bond donors (Lipinski definition) is 2. The van der Waals surface area contributed by atoms with E-state index in [4.69, 9.17) is 12.3 Å². The molecule has 8 nitrogen and oxygen atoms in total. The minimum Gasteiger partial charge on any atom is -0.366 e. The molecule has 1 saturated heterocycles. The van der Waals surface area contributed by atoms with Crippen LogP contribution in [0.25, 0.3) is 26.9 Å². The van der Waals surface area contributed by atoms with Crippen molar-refractivity contribution >= 4 is 28.4 Å². The molecule has 0 unspecified atom stereocenters. The Morgan fingerprint density at radius 3 is 2.46 bits per heavy atom. The van der Waals surface area contributed by atoms with Crippen molar-refractivity contribution in [2.75, 3.05) is 37.6 Å². The summed E-state index contributed by atoms with van der Waals surface area (Å²) >= 11 is 0. The molecule has 0 saturated carbocycles. The van der Waals surface area contributed by atoms with Crippen LogP contribution in [0.15, 0.2) is 61.1 Å². The van der Waals surface area contributed by atoms with Crippen LogP contribution in [0.5, 0.6) is 0 Å². The zero-order valence-electron chi connectivity index (χ0n) is 19.4. The molecule has 0 radical (unpaired) electrons. The fraction of sp³-hybridized carbons (Fsp3) is 0.259. The number of nitrogens with two attached hydrogens (primary N) is 1. The van der Waals surface area contributed by atoms with Gasteiger partial charge in [-0.05, 0) is 60.2 Å². The smallest absolute Gasteiger partial charge is 0.248 e. The standard InChI is InChI=1S/C27H27N7O/c1-29-23-8-9-25-24(15-23)21(16-30-25)3-2-10-33-11-13-34(14-12-33)27-31-17-22(18-32-27)19-4-6-20(7-5-19)26(28)35/h4-9,15-18,30H,2-3,10-14H2,(H2,28,35). The Morgan fingerprint density at radius 1 is 1.03 bits per heavy atom. The summed E-state index contributed by atoms with van der Waals surface area (Å²) in [5.74, 6) is 0.312. The van der Waals surface area contributed by atoms with Gasteiger partial charge in [0.1, 0.15) is 0 Å².